The molecule has 40 valence electrons. The fourth-order valence-corrected chi connectivity index (χ4v) is 0. The molecule has 0 aromatic rings. The summed E-state index contributed by atoms with van der Waals surface area (Å²) in [5, 5.41) is 0. The van der Waals surface area contributed by atoms with E-state index in [-0.39, 0.29) is 5.48 Å². The first-order chi connectivity index (χ1) is 2.00. The summed E-state index contributed by atoms with van der Waals surface area (Å²) in [6.07, 6.45) is 0. The molecule has 0 radical (unpaired) electrons. The molecular formula is H2F4HfO. The molecule has 0 rings (SSSR count). The molecule has 0 atom stereocenters. The minimum atomic E-state index is -7.28. The van der Waals surface area contributed by atoms with Gasteiger partial charge in [0.2, 0.25) is 0 Å². The maximum absolute atomic E-state index is 9.91. The SMILES string of the molecule is O.[F][Hf]([F])([F])[F]. The van der Waals surface area contributed by atoms with Crippen LogP contribution in [0.5, 0.6) is 0 Å². The van der Waals surface area contributed by atoms with Crippen LogP contribution in [0.2, 0.25) is 0 Å². The van der Waals surface area contributed by atoms with E-state index in [0.29, 0.717) is 0 Å². The molecule has 0 saturated carbocycles. The molecule has 0 aliphatic heterocycles. The summed E-state index contributed by atoms with van der Waals surface area (Å²) in [6, 6.07) is 0. The molecule has 0 aromatic carbocycles. The number of hydrogen-bond acceptors (Lipinski definition) is 0. The second-order valence-electron chi connectivity index (χ2n) is 0.429. The number of hydrogen-bond donors (Lipinski definition) is 0. The molecule has 0 heterocycles. The standard InChI is InChI=1S/4FH.Hf.H2O/h4*1H;;1H2/q;;;;+4;/p-4. The van der Waals surface area contributed by atoms with E-state index in [2.05, 4.69) is 0 Å². The Morgan fingerprint density at radius 1 is 0.833 bits per heavy atom. The molecule has 6 heavy (non-hydrogen) atoms. The van der Waals surface area contributed by atoms with Crippen LogP contribution in [0, 0.1) is 0 Å². The molecule has 6 heteroatoms. The van der Waals surface area contributed by atoms with Gasteiger partial charge in [0.25, 0.3) is 0 Å². The van der Waals surface area contributed by atoms with Gasteiger partial charge in [-0.05, 0) is 0 Å². The summed E-state index contributed by atoms with van der Waals surface area (Å²) < 4.78 is 39.6. The van der Waals surface area contributed by atoms with Gasteiger partial charge in [-0.25, -0.2) is 0 Å². The van der Waals surface area contributed by atoms with E-state index in [1.54, 1.807) is 0 Å². The first-order valence-corrected chi connectivity index (χ1v) is 6.19. The Hall–Kier alpha value is 0.550. The summed E-state index contributed by atoms with van der Waals surface area (Å²) in [5.74, 6) is 0. The number of halogens is 4. The second kappa shape index (κ2) is 2.68. The van der Waals surface area contributed by atoms with E-state index < -0.39 is 22.4 Å². The average molecular weight is 272 g/mol. The molecule has 0 unspecified atom stereocenters. The Bertz CT molecular complexity index is 23.0. The zero-order valence-corrected chi connectivity index (χ0v) is 6.10. The van der Waals surface area contributed by atoms with Gasteiger partial charge in [0, 0.05) is 0 Å². The van der Waals surface area contributed by atoms with E-state index in [0.717, 1.165) is 0 Å². The van der Waals surface area contributed by atoms with Gasteiger partial charge < -0.3 is 5.48 Å². The average Bonchev–Trinajstić information content (AvgIpc) is 0.722. The molecule has 0 amide bonds. The summed E-state index contributed by atoms with van der Waals surface area (Å²) in [7, 11) is 0. The van der Waals surface area contributed by atoms with Crippen LogP contribution in [-0.2, 0) is 22.4 Å². The van der Waals surface area contributed by atoms with Crippen molar-refractivity contribution in [1.29, 1.82) is 0 Å². The molecule has 1 nitrogen and oxygen atoms in total. The van der Waals surface area contributed by atoms with E-state index in [1.165, 1.54) is 0 Å². The van der Waals surface area contributed by atoms with Gasteiger partial charge in [-0.1, -0.05) is 0 Å². The van der Waals surface area contributed by atoms with Crippen molar-refractivity contribution >= 4 is 0 Å². The van der Waals surface area contributed by atoms with Gasteiger partial charge in [0.1, 0.15) is 0 Å². The van der Waals surface area contributed by atoms with E-state index >= 15 is 0 Å². The first kappa shape index (κ1) is 9.75. The van der Waals surface area contributed by atoms with Gasteiger partial charge >= 0.3 is 33.0 Å². The van der Waals surface area contributed by atoms with Crippen molar-refractivity contribution < 1.29 is 38.5 Å². The summed E-state index contributed by atoms with van der Waals surface area (Å²) in [5.41, 5.74) is 0. The van der Waals surface area contributed by atoms with E-state index in [4.69, 9.17) is 0 Å². The van der Waals surface area contributed by atoms with Crippen LogP contribution in [-0.4, -0.2) is 5.48 Å². The number of rotatable bonds is 0. The molecular weight excluding hydrogens is 270 g/mol. The molecule has 0 bridgehead atoms. The Balaban J connectivity index is 0. The summed E-state index contributed by atoms with van der Waals surface area (Å²) in [6.45, 7) is 0. The third-order valence-electron chi connectivity index (χ3n) is 0. The normalized spacial score (nSPS) is 10.0. The zero-order chi connectivity index (χ0) is 4.50. The van der Waals surface area contributed by atoms with Gasteiger partial charge in [-0.15, -0.1) is 0 Å². The summed E-state index contributed by atoms with van der Waals surface area (Å²) >= 11 is -7.28. The predicted molar refractivity (Wildman–Crippen MR) is 8.05 cm³/mol. The zero-order valence-electron chi connectivity index (χ0n) is 2.51. The summed E-state index contributed by atoms with van der Waals surface area (Å²) in [4.78, 5) is 0. The Labute approximate surface area is 39.1 Å². The monoisotopic (exact) mass is 274 g/mol. The molecule has 0 spiro atoms. The topological polar surface area (TPSA) is 31.5 Å². The van der Waals surface area contributed by atoms with Crippen LogP contribution >= 0.6 is 0 Å². The maximum atomic E-state index is 9.91. The Morgan fingerprint density at radius 3 is 0.833 bits per heavy atom. The Morgan fingerprint density at radius 2 is 0.833 bits per heavy atom. The van der Waals surface area contributed by atoms with Gasteiger partial charge in [-0.2, -0.15) is 0 Å². The Kier molecular flexibility index (Phi) is 4.35. The third-order valence-corrected chi connectivity index (χ3v) is 0. The fourth-order valence-electron chi connectivity index (χ4n) is 0. The van der Waals surface area contributed by atoms with Crippen LogP contribution in [0.3, 0.4) is 0 Å². The first-order valence-electron chi connectivity index (χ1n) is 0.756. The molecule has 0 aliphatic carbocycles. The van der Waals surface area contributed by atoms with Crippen molar-refractivity contribution in [2.24, 2.45) is 0 Å². The van der Waals surface area contributed by atoms with Crippen molar-refractivity contribution in [2.75, 3.05) is 0 Å². The molecule has 0 aliphatic rings. The van der Waals surface area contributed by atoms with Gasteiger partial charge in [0.15, 0.2) is 0 Å². The van der Waals surface area contributed by atoms with Crippen LogP contribution < -0.4 is 0 Å². The van der Waals surface area contributed by atoms with Crippen molar-refractivity contribution in [1.82, 2.24) is 0 Å². The van der Waals surface area contributed by atoms with Crippen molar-refractivity contribution in [2.45, 2.75) is 0 Å². The van der Waals surface area contributed by atoms with Crippen molar-refractivity contribution in [3.05, 3.63) is 0 Å². The van der Waals surface area contributed by atoms with Crippen LogP contribution in [0.4, 0.5) is 10.7 Å². The van der Waals surface area contributed by atoms with Crippen LogP contribution in [0.25, 0.3) is 0 Å². The molecule has 2 N–H and O–H groups in total. The quantitative estimate of drug-likeness (QED) is 0.463. The second-order valence-corrected chi connectivity index (χ2v) is 3.51. The van der Waals surface area contributed by atoms with E-state index in [9.17, 15) is 10.7 Å². The predicted octanol–water partition coefficient (Wildman–Crippen LogP) is 0.854. The van der Waals surface area contributed by atoms with Crippen molar-refractivity contribution in [3.8, 4) is 0 Å². The van der Waals surface area contributed by atoms with Gasteiger partial charge in [0.05, 0.1) is 0 Å². The van der Waals surface area contributed by atoms with Crippen LogP contribution in [0.1, 0.15) is 0 Å². The minimum absolute atomic E-state index is 0. The molecule has 0 aromatic heterocycles. The van der Waals surface area contributed by atoms with E-state index in [1.807, 2.05) is 0 Å². The van der Waals surface area contributed by atoms with Gasteiger partial charge in [-0.3, -0.25) is 0 Å². The van der Waals surface area contributed by atoms with Crippen LogP contribution in [0.15, 0.2) is 0 Å². The molecule has 0 fully saturated rings. The third kappa shape index (κ3) is 189. The van der Waals surface area contributed by atoms with Crippen molar-refractivity contribution in [3.63, 3.8) is 0 Å². The fraction of sp³-hybridized carbons (Fsp3) is 0. The molecule has 0 saturated heterocycles.